The number of carbonyl (C=O) groups is 2. The zero-order chi connectivity index (χ0) is 36.8. The van der Waals surface area contributed by atoms with E-state index in [1.54, 1.807) is 35.3 Å². The number of fused-ring (bicyclic) bond motifs is 8. The fraction of sp³-hybridized carbons (Fsp3) is 0.0476. The second kappa shape index (κ2) is 14.9. The Bertz CT molecular complexity index is 2630. The van der Waals surface area contributed by atoms with Gasteiger partial charge in [-0.25, -0.2) is 19.6 Å². The summed E-state index contributed by atoms with van der Waals surface area (Å²) in [6.07, 6.45) is 11.6. The maximum Gasteiger partial charge on any atom is 2.00 e. The van der Waals surface area contributed by atoms with Crippen LogP contribution in [0, 0.1) is 0 Å². The summed E-state index contributed by atoms with van der Waals surface area (Å²) in [5.74, 6) is -0.831. The Morgan fingerprint density at radius 1 is 0.509 bits per heavy atom. The Hall–Kier alpha value is -6.24. The summed E-state index contributed by atoms with van der Waals surface area (Å²) < 4.78 is 9.91. The van der Waals surface area contributed by atoms with E-state index >= 15 is 0 Å². The van der Waals surface area contributed by atoms with Crippen molar-refractivity contribution in [3.05, 3.63) is 130 Å². The summed E-state index contributed by atoms with van der Waals surface area (Å²) >= 11 is 3.01. The molecule has 2 aliphatic heterocycles. The molecule has 2 aromatic carbocycles. The molecule has 0 unspecified atom stereocenters. The number of nitrogens with zero attached hydrogens (tertiary/aromatic N) is 6. The van der Waals surface area contributed by atoms with Crippen LogP contribution in [-0.2, 0) is 26.5 Å². The predicted molar refractivity (Wildman–Crippen MR) is 213 cm³/mol. The summed E-state index contributed by atoms with van der Waals surface area (Å²) in [7, 11) is 2.73. The first kappa shape index (κ1) is 35.8. The molecule has 7 heterocycles. The Balaban J connectivity index is 0.00000427. The van der Waals surface area contributed by atoms with Crippen molar-refractivity contribution in [2.45, 2.75) is 0 Å². The number of hydrogen-bond acceptors (Lipinski definition) is 10. The molecule has 0 fully saturated rings. The van der Waals surface area contributed by atoms with Crippen molar-refractivity contribution in [2.75, 3.05) is 14.2 Å². The molecule has 8 bridgehead atoms. The van der Waals surface area contributed by atoms with Gasteiger partial charge >= 0.3 is 29.0 Å². The van der Waals surface area contributed by atoms with Gasteiger partial charge in [-0.15, -0.1) is 44.7 Å². The maximum atomic E-state index is 12.3. The number of ether oxygens (including phenoxy) is 2. The van der Waals surface area contributed by atoms with Crippen molar-refractivity contribution in [3.8, 4) is 43.1 Å². The molecule has 9 rings (SSSR count). The first-order valence-electron chi connectivity index (χ1n) is 16.7. The van der Waals surface area contributed by atoms with Gasteiger partial charge in [0.2, 0.25) is 0 Å². The number of carbonyl (C=O) groups excluding carboxylic acids is 2. The number of thiazole rings is 2. The van der Waals surface area contributed by atoms with Crippen molar-refractivity contribution in [1.82, 2.24) is 29.9 Å². The van der Waals surface area contributed by atoms with E-state index < -0.39 is 11.9 Å². The fourth-order valence-corrected chi connectivity index (χ4v) is 8.01. The molecular weight excluding hydrogens is 772 g/mol. The number of methoxy groups -OCH3 is 2. The number of esters is 2. The molecule has 0 saturated heterocycles. The standard InChI is InChI=1S/C42H27N6O4S2.Mn/c1-51-41(49)25-7-3-23(4-8-25)37-27-11-15-31(45-27)39(35-19-43-21-53-35)33-17-13-29(47-33)38(24-5-9-26(10-6-24)42(50)52-2)30-14-18-34(48-30)40(36-20-44-22-54-36)32-16-12-28(37)46-32;/h3-22H,1-2H3,(H-,45,46,47,48,49,50);/q-1;+2/p-1. The van der Waals surface area contributed by atoms with Crippen LogP contribution in [-0.4, -0.2) is 46.1 Å². The van der Waals surface area contributed by atoms with Gasteiger partial charge in [-0.1, -0.05) is 48.5 Å². The number of rotatable bonds is 6. The molecule has 0 aliphatic carbocycles. The molecule has 2 aliphatic rings. The number of hydrogen-bond donors (Lipinski definition) is 0. The minimum absolute atomic E-state index is 0. The van der Waals surface area contributed by atoms with Crippen molar-refractivity contribution in [2.24, 2.45) is 0 Å². The third-order valence-corrected chi connectivity index (χ3v) is 10.7. The van der Waals surface area contributed by atoms with E-state index in [2.05, 4.69) is 9.97 Å². The van der Waals surface area contributed by atoms with Gasteiger partial charge in [-0.2, -0.15) is 0 Å². The average molecular weight is 798 g/mol. The van der Waals surface area contributed by atoms with Crippen molar-refractivity contribution in [3.63, 3.8) is 0 Å². The van der Waals surface area contributed by atoms with Crippen LogP contribution in [0.1, 0.15) is 43.5 Å². The molecule has 5 aromatic heterocycles. The monoisotopic (exact) mass is 797 g/mol. The molecule has 0 spiro atoms. The molecule has 1 radical (unpaired) electrons. The van der Waals surface area contributed by atoms with E-state index in [0.717, 1.165) is 65.6 Å². The SMILES string of the molecule is COC(=O)c1ccc(-c2c3nc(c(-c4cncs4)c4ccc([n-]4)c(-c4ccc(C(=O)OC)cc4)c4nc(c(-c5cncs5)c5ccc2[n-]5)C=C4)C=C3)cc1.[Mn+2]. The Kier molecular flexibility index (Phi) is 9.68. The van der Waals surface area contributed by atoms with Gasteiger partial charge in [0.05, 0.1) is 68.9 Å². The van der Waals surface area contributed by atoms with E-state index in [-0.39, 0.29) is 17.1 Å². The van der Waals surface area contributed by atoms with Gasteiger partial charge in [0.1, 0.15) is 0 Å². The van der Waals surface area contributed by atoms with Crippen LogP contribution in [0.25, 0.3) is 89.5 Å². The van der Waals surface area contributed by atoms with Crippen LogP contribution in [0.3, 0.4) is 0 Å². The zero-order valence-corrected chi connectivity index (χ0v) is 31.9. The van der Waals surface area contributed by atoms with E-state index in [4.69, 9.17) is 29.4 Å². The van der Waals surface area contributed by atoms with Crippen molar-refractivity contribution >= 4 is 81.0 Å². The zero-order valence-electron chi connectivity index (χ0n) is 29.1. The number of benzene rings is 2. The minimum atomic E-state index is -0.415. The average Bonchev–Trinajstić information content (AvgIpc) is 4.06. The molecular formula is C42H26MnN6O4S2. The maximum absolute atomic E-state index is 12.3. The van der Waals surface area contributed by atoms with E-state index in [0.29, 0.717) is 33.5 Å². The van der Waals surface area contributed by atoms with Crippen LogP contribution >= 0.6 is 22.7 Å². The topological polar surface area (TPSA) is 132 Å². The Morgan fingerprint density at radius 3 is 1.18 bits per heavy atom. The van der Waals surface area contributed by atoms with Gasteiger partial charge in [-0.05, 0) is 70.8 Å². The first-order chi connectivity index (χ1) is 26.5. The molecule has 0 amide bonds. The fourth-order valence-electron chi connectivity index (χ4n) is 6.64. The van der Waals surface area contributed by atoms with Crippen molar-refractivity contribution in [1.29, 1.82) is 0 Å². The number of aromatic nitrogens is 6. The molecule has 13 heteroatoms. The van der Waals surface area contributed by atoms with Gasteiger partial charge in [-0.3, -0.25) is 9.97 Å². The molecule has 267 valence electrons. The van der Waals surface area contributed by atoms with Crippen LogP contribution < -0.4 is 9.97 Å². The summed E-state index contributed by atoms with van der Waals surface area (Å²) in [6, 6.07) is 22.4. The first-order valence-corrected chi connectivity index (χ1v) is 18.5. The minimum Gasteiger partial charge on any atom is -0.657 e. The van der Waals surface area contributed by atoms with E-state index in [1.165, 1.54) is 36.9 Å². The van der Waals surface area contributed by atoms with Crippen molar-refractivity contribution < 1.29 is 36.1 Å². The molecule has 7 aromatic rings. The van der Waals surface area contributed by atoms with Gasteiger partial charge in [0, 0.05) is 23.5 Å². The quantitative estimate of drug-likeness (QED) is 0.119. The summed E-state index contributed by atoms with van der Waals surface area (Å²) in [5, 5.41) is 0. The van der Waals surface area contributed by atoms with Gasteiger partial charge in [0.25, 0.3) is 0 Å². The Labute approximate surface area is 332 Å². The summed E-state index contributed by atoms with van der Waals surface area (Å²) in [4.78, 5) is 56.1. The van der Waals surface area contributed by atoms with Crippen LogP contribution in [0.4, 0.5) is 0 Å². The molecule has 55 heavy (non-hydrogen) atoms. The Morgan fingerprint density at radius 2 is 0.855 bits per heavy atom. The molecule has 0 atom stereocenters. The molecule has 0 N–H and O–H groups in total. The summed E-state index contributed by atoms with van der Waals surface area (Å²) in [5.41, 5.74) is 15.0. The van der Waals surface area contributed by atoms with Gasteiger partial charge < -0.3 is 19.4 Å². The van der Waals surface area contributed by atoms with E-state index in [1.807, 2.05) is 85.2 Å². The molecule has 10 nitrogen and oxygen atoms in total. The largest absolute Gasteiger partial charge is 2.00 e. The smallest absolute Gasteiger partial charge is 0.657 e. The van der Waals surface area contributed by atoms with Gasteiger partial charge in [0.15, 0.2) is 0 Å². The van der Waals surface area contributed by atoms with Crippen LogP contribution in [0.15, 0.2) is 96.2 Å². The molecule has 0 saturated carbocycles. The summed E-state index contributed by atoms with van der Waals surface area (Å²) in [6.45, 7) is 0. The van der Waals surface area contributed by atoms with E-state index in [9.17, 15) is 9.59 Å². The third kappa shape index (κ3) is 6.53. The van der Waals surface area contributed by atoms with Crippen LogP contribution in [0.5, 0.6) is 0 Å². The predicted octanol–water partition coefficient (Wildman–Crippen LogP) is 9.07. The second-order valence-corrected chi connectivity index (χ2v) is 14.0. The second-order valence-electron chi connectivity index (χ2n) is 12.2. The van der Waals surface area contributed by atoms with Crippen LogP contribution in [0.2, 0.25) is 0 Å². The third-order valence-electron chi connectivity index (χ3n) is 9.16. The normalized spacial score (nSPS) is 11.7.